The fraction of sp³-hybridized carbons (Fsp3) is 0.333. The molecule has 0 aliphatic carbocycles. The average molecular weight is 404 g/mol. The van der Waals surface area contributed by atoms with E-state index in [1.54, 1.807) is 6.92 Å². The van der Waals surface area contributed by atoms with E-state index in [0.717, 1.165) is 4.68 Å². The lowest BCUT2D eigenvalue weighted by Gasteiger charge is -2.09. The predicted molar refractivity (Wildman–Crippen MR) is 102 cm³/mol. The summed E-state index contributed by atoms with van der Waals surface area (Å²) in [6, 6.07) is 6.37. The number of ether oxygens (including phenoxy) is 2. The summed E-state index contributed by atoms with van der Waals surface area (Å²) < 4.78 is 11.2. The van der Waals surface area contributed by atoms with Crippen LogP contribution in [0.1, 0.15) is 30.8 Å². The van der Waals surface area contributed by atoms with Gasteiger partial charge in [0.25, 0.3) is 17.2 Å². The molecule has 2 aromatic rings. The number of carbonyl (C=O) groups is 2. The quantitative estimate of drug-likeness (QED) is 0.378. The van der Waals surface area contributed by atoms with Crippen LogP contribution in [0.5, 0.6) is 5.75 Å². The number of aryl methyl sites for hydroxylation is 1. The lowest BCUT2D eigenvalue weighted by atomic mass is 10.2. The van der Waals surface area contributed by atoms with Crippen LogP contribution in [0.3, 0.4) is 0 Å². The third-order valence-electron chi connectivity index (χ3n) is 3.60. The van der Waals surface area contributed by atoms with Crippen molar-refractivity contribution in [1.29, 1.82) is 0 Å². The summed E-state index contributed by atoms with van der Waals surface area (Å²) in [6.07, 6.45) is 0.647. The van der Waals surface area contributed by atoms with E-state index in [0.29, 0.717) is 19.6 Å². The molecule has 0 saturated heterocycles. The monoisotopic (exact) mass is 404 g/mol. The maximum Gasteiger partial charge on any atom is 0.359 e. The van der Waals surface area contributed by atoms with E-state index in [1.165, 1.54) is 30.3 Å². The van der Waals surface area contributed by atoms with Crippen LogP contribution < -0.4 is 15.6 Å². The molecule has 0 aliphatic heterocycles. The summed E-state index contributed by atoms with van der Waals surface area (Å²) in [5.41, 5.74) is -0.903. The molecule has 0 unspecified atom stereocenters. The van der Waals surface area contributed by atoms with Crippen molar-refractivity contribution in [2.45, 2.75) is 26.8 Å². The summed E-state index contributed by atoms with van der Waals surface area (Å²) in [6.45, 7) is 3.57. The number of benzene rings is 1. The Morgan fingerprint density at radius 1 is 1.24 bits per heavy atom. The van der Waals surface area contributed by atoms with Crippen LogP contribution in [0.4, 0.5) is 11.4 Å². The smallest absolute Gasteiger partial charge is 0.359 e. The van der Waals surface area contributed by atoms with E-state index < -0.39 is 23.4 Å². The normalized spacial score (nSPS) is 10.3. The van der Waals surface area contributed by atoms with Gasteiger partial charge in [0, 0.05) is 12.6 Å². The number of nitro groups is 1. The van der Waals surface area contributed by atoms with Gasteiger partial charge in [-0.2, -0.15) is 5.10 Å². The van der Waals surface area contributed by atoms with Crippen LogP contribution >= 0.6 is 0 Å². The molecule has 0 fully saturated rings. The Morgan fingerprint density at radius 3 is 2.66 bits per heavy atom. The maximum atomic E-state index is 12.1. The molecule has 154 valence electrons. The molecule has 2 rings (SSSR count). The average Bonchev–Trinajstić information content (AvgIpc) is 2.69. The number of hydrogen-bond donors (Lipinski definition) is 1. The van der Waals surface area contributed by atoms with Crippen LogP contribution in [0, 0.1) is 10.1 Å². The van der Waals surface area contributed by atoms with Crippen LogP contribution in [-0.4, -0.2) is 39.8 Å². The van der Waals surface area contributed by atoms with Gasteiger partial charge in [0.15, 0.2) is 12.3 Å². The highest BCUT2D eigenvalue weighted by Crippen LogP contribution is 2.29. The summed E-state index contributed by atoms with van der Waals surface area (Å²) in [7, 11) is 0. The third-order valence-corrected chi connectivity index (χ3v) is 3.60. The molecule has 29 heavy (non-hydrogen) atoms. The van der Waals surface area contributed by atoms with Crippen molar-refractivity contribution >= 4 is 23.3 Å². The highest BCUT2D eigenvalue weighted by atomic mass is 16.6. The van der Waals surface area contributed by atoms with Crippen molar-refractivity contribution in [3.8, 4) is 5.75 Å². The van der Waals surface area contributed by atoms with Crippen LogP contribution in [0.2, 0.25) is 0 Å². The molecule has 1 N–H and O–H groups in total. The number of amides is 1. The zero-order chi connectivity index (χ0) is 21.4. The number of hydrogen-bond acceptors (Lipinski definition) is 8. The molecular formula is C18H20N4O7. The Balaban J connectivity index is 2.03. The highest BCUT2D eigenvalue weighted by molar-refractivity contribution is 5.96. The first-order valence-corrected chi connectivity index (χ1v) is 8.82. The molecule has 0 spiro atoms. The molecule has 0 saturated carbocycles. The predicted octanol–water partition coefficient (Wildman–Crippen LogP) is 1.76. The second-order valence-corrected chi connectivity index (χ2v) is 5.77. The van der Waals surface area contributed by atoms with Gasteiger partial charge >= 0.3 is 5.97 Å². The standard InChI is InChI=1S/C18H20N4O7/c1-3-9-21-17(24)8-7-14(20-21)18(25)29-11-16(23)19-13-6-5-12(28-4-2)10-15(13)22(26)27/h5-8,10H,3-4,9,11H2,1-2H3,(H,19,23). The van der Waals surface area contributed by atoms with Crippen molar-refractivity contribution in [1.82, 2.24) is 9.78 Å². The highest BCUT2D eigenvalue weighted by Gasteiger charge is 2.19. The molecule has 1 heterocycles. The molecule has 0 aliphatic rings. The van der Waals surface area contributed by atoms with Crippen LogP contribution in [-0.2, 0) is 16.1 Å². The maximum absolute atomic E-state index is 12.1. The molecule has 1 amide bonds. The summed E-state index contributed by atoms with van der Waals surface area (Å²) in [5.74, 6) is -1.38. The SMILES string of the molecule is CCCn1nc(C(=O)OCC(=O)Nc2ccc(OCC)cc2[N+](=O)[O-])ccc1=O. The Kier molecular flexibility index (Phi) is 7.40. The molecule has 11 nitrogen and oxygen atoms in total. The largest absolute Gasteiger partial charge is 0.494 e. The Labute approximate surface area is 165 Å². The lowest BCUT2D eigenvalue weighted by molar-refractivity contribution is -0.384. The van der Waals surface area contributed by atoms with E-state index in [-0.39, 0.29) is 28.4 Å². The Bertz CT molecular complexity index is 971. The Hall–Kier alpha value is -3.76. The van der Waals surface area contributed by atoms with Crippen LogP contribution in [0.15, 0.2) is 35.1 Å². The second-order valence-electron chi connectivity index (χ2n) is 5.77. The number of anilines is 1. The van der Waals surface area contributed by atoms with Gasteiger partial charge in [-0.25, -0.2) is 9.48 Å². The number of nitro benzene ring substituents is 1. The van der Waals surface area contributed by atoms with E-state index in [1.807, 2.05) is 6.92 Å². The number of rotatable bonds is 9. The number of nitrogens with zero attached hydrogens (tertiary/aromatic N) is 3. The topological polar surface area (TPSA) is 143 Å². The van der Waals surface area contributed by atoms with Crippen LogP contribution in [0.25, 0.3) is 0 Å². The minimum absolute atomic E-state index is 0.0610. The van der Waals surface area contributed by atoms with Gasteiger partial charge in [0.1, 0.15) is 11.4 Å². The minimum Gasteiger partial charge on any atom is -0.494 e. The van der Waals surface area contributed by atoms with Gasteiger partial charge in [-0.3, -0.25) is 19.7 Å². The van der Waals surface area contributed by atoms with Crippen molar-refractivity contribution in [2.75, 3.05) is 18.5 Å². The Morgan fingerprint density at radius 2 is 2.00 bits per heavy atom. The first-order chi connectivity index (χ1) is 13.8. The van der Waals surface area contributed by atoms with E-state index in [2.05, 4.69) is 10.4 Å². The van der Waals surface area contributed by atoms with Gasteiger partial charge in [-0.05, 0) is 31.5 Å². The van der Waals surface area contributed by atoms with Gasteiger partial charge in [-0.1, -0.05) is 6.92 Å². The summed E-state index contributed by atoms with van der Waals surface area (Å²) >= 11 is 0. The fourth-order valence-electron chi connectivity index (χ4n) is 2.35. The molecular weight excluding hydrogens is 384 g/mol. The zero-order valence-corrected chi connectivity index (χ0v) is 15.9. The van der Waals surface area contributed by atoms with Crippen molar-refractivity contribution < 1.29 is 24.0 Å². The molecule has 0 atom stereocenters. The molecule has 1 aromatic carbocycles. The zero-order valence-electron chi connectivity index (χ0n) is 15.9. The van der Waals surface area contributed by atoms with E-state index in [9.17, 15) is 24.5 Å². The molecule has 0 radical (unpaired) electrons. The summed E-state index contributed by atoms with van der Waals surface area (Å²) in [5, 5.41) is 17.4. The number of esters is 1. The summed E-state index contributed by atoms with van der Waals surface area (Å²) in [4.78, 5) is 46.3. The van der Waals surface area contributed by atoms with Gasteiger partial charge in [0.05, 0.1) is 17.6 Å². The molecule has 1 aromatic heterocycles. The third kappa shape index (κ3) is 5.86. The number of carbonyl (C=O) groups excluding carboxylic acids is 2. The van der Waals surface area contributed by atoms with Crippen molar-refractivity contribution in [2.24, 2.45) is 0 Å². The van der Waals surface area contributed by atoms with Gasteiger partial charge < -0.3 is 14.8 Å². The minimum atomic E-state index is -0.897. The molecule has 0 bridgehead atoms. The van der Waals surface area contributed by atoms with Gasteiger partial charge in [0.2, 0.25) is 0 Å². The van der Waals surface area contributed by atoms with Crippen molar-refractivity contribution in [3.05, 3.63) is 56.5 Å². The number of aromatic nitrogens is 2. The first-order valence-electron chi connectivity index (χ1n) is 8.82. The first kappa shape index (κ1) is 21.5. The molecule has 11 heteroatoms. The second kappa shape index (κ2) is 9.97. The lowest BCUT2D eigenvalue weighted by Crippen LogP contribution is -2.26. The van der Waals surface area contributed by atoms with E-state index in [4.69, 9.17) is 9.47 Å². The van der Waals surface area contributed by atoms with Crippen molar-refractivity contribution in [3.63, 3.8) is 0 Å². The number of nitrogens with one attached hydrogen (secondary N) is 1. The fourth-order valence-corrected chi connectivity index (χ4v) is 2.35. The van der Waals surface area contributed by atoms with Gasteiger partial charge in [-0.15, -0.1) is 0 Å². The van der Waals surface area contributed by atoms with E-state index >= 15 is 0 Å².